The van der Waals surface area contributed by atoms with Gasteiger partial charge in [-0.25, -0.2) is 8.42 Å². The number of carbonyl (C=O) groups is 2. The van der Waals surface area contributed by atoms with Crippen LogP contribution in [0.3, 0.4) is 0 Å². The van der Waals surface area contributed by atoms with Crippen molar-refractivity contribution in [2.75, 3.05) is 24.7 Å². The van der Waals surface area contributed by atoms with Gasteiger partial charge in [0.25, 0.3) is 0 Å². The second kappa shape index (κ2) is 9.69. The maximum Gasteiger partial charge on any atom is 0.241 e. The number of nitrogens with one attached hydrogen (secondary N) is 3. The summed E-state index contributed by atoms with van der Waals surface area (Å²) in [5.41, 5.74) is 0.00707. The number of hydrogen-bond donors (Lipinski definition) is 3. The van der Waals surface area contributed by atoms with Crippen molar-refractivity contribution in [2.24, 2.45) is 0 Å². The first kappa shape index (κ1) is 22.4. The fraction of sp³-hybridized carbons (Fsp3) is 0.263. The first-order valence-electron chi connectivity index (χ1n) is 8.88. The van der Waals surface area contributed by atoms with Gasteiger partial charge < -0.3 is 15.4 Å². The van der Waals surface area contributed by atoms with Gasteiger partial charge in [-0.1, -0.05) is 23.7 Å². The average molecular weight is 470 g/mol. The Hall–Kier alpha value is -2.27. The molecule has 0 bridgehead atoms. The highest BCUT2D eigenvalue weighted by Crippen LogP contribution is 2.22. The molecular weight excluding hydrogens is 450 g/mol. The average Bonchev–Trinajstić information content (AvgIpc) is 2.72. The molecule has 2 atom stereocenters. The monoisotopic (exact) mass is 469 g/mol. The highest BCUT2D eigenvalue weighted by atomic mass is 35.5. The fourth-order valence-corrected chi connectivity index (χ4v) is 5.41. The number of halogens is 1. The number of anilines is 1. The lowest BCUT2D eigenvalue weighted by Gasteiger charge is -2.29. The van der Waals surface area contributed by atoms with Crippen LogP contribution in [0.5, 0.6) is 5.75 Å². The molecule has 0 aliphatic carbocycles. The second-order valence-electron chi connectivity index (χ2n) is 6.38. The highest BCUT2D eigenvalue weighted by Gasteiger charge is 2.38. The Balaban J connectivity index is 1.54. The smallest absolute Gasteiger partial charge is 0.241 e. The summed E-state index contributed by atoms with van der Waals surface area (Å²) < 4.78 is 30.6. The van der Waals surface area contributed by atoms with E-state index in [1.165, 1.54) is 25.3 Å². The van der Waals surface area contributed by atoms with Gasteiger partial charge >= 0.3 is 0 Å². The molecule has 3 rings (SSSR count). The van der Waals surface area contributed by atoms with Crippen LogP contribution in [0.4, 0.5) is 5.69 Å². The summed E-state index contributed by atoms with van der Waals surface area (Å²) in [5.74, 6) is -0.216. The minimum Gasteiger partial charge on any atom is -0.497 e. The number of thioether (sulfide) groups is 1. The fourth-order valence-electron chi connectivity index (χ4n) is 2.80. The van der Waals surface area contributed by atoms with Crippen LogP contribution >= 0.6 is 23.4 Å². The van der Waals surface area contributed by atoms with Gasteiger partial charge in [0, 0.05) is 23.3 Å². The van der Waals surface area contributed by atoms with Gasteiger partial charge in [-0.05, 0) is 30.3 Å². The molecule has 11 heteroatoms. The molecule has 3 N–H and O–H groups in total. The lowest BCUT2D eigenvalue weighted by Crippen LogP contribution is -2.59. The van der Waals surface area contributed by atoms with Crippen molar-refractivity contribution in [3.63, 3.8) is 0 Å². The van der Waals surface area contributed by atoms with E-state index in [9.17, 15) is 18.0 Å². The van der Waals surface area contributed by atoms with Gasteiger partial charge in [0.05, 0.1) is 17.8 Å². The molecule has 2 aromatic rings. The number of hydrogen-bond acceptors (Lipinski definition) is 7. The molecule has 160 valence electrons. The maximum atomic E-state index is 12.7. The first-order valence-corrected chi connectivity index (χ1v) is 11.9. The summed E-state index contributed by atoms with van der Waals surface area (Å²) in [6.45, 7) is -0.0736. The predicted octanol–water partition coefficient (Wildman–Crippen LogP) is 1.87. The number of amides is 2. The van der Waals surface area contributed by atoms with E-state index >= 15 is 0 Å². The highest BCUT2D eigenvalue weighted by molar-refractivity contribution is 8.00. The van der Waals surface area contributed by atoms with Crippen LogP contribution in [0, 0.1) is 0 Å². The number of carbonyl (C=O) groups excluding carboxylic acids is 2. The van der Waals surface area contributed by atoms with Crippen LogP contribution in [-0.2, 0) is 19.4 Å². The molecular formula is C19H20ClN3O5S2. The Labute approximate surface area is 183 Å². The zero-order chi connectivity index (χ0) is 21.7. The summed E-state index contributed by atoms with van der Waals surface area (Å²) in [4.78, 5) is 24.6. The minimum atomic E-state index is -3.90. The lowest BCUT2D eigenvalue weighted by molar-refractivity contribution is -0.122. The van der Waals surface area contributed by atoms with E-state index in [2.05, 4.69) is 16.0 Å². The molecule has 1 aliphatic heterocycles. The SMILES string of the molecule is COc1cccc(NC(=O)CSC2NCC(S(=O)(=O)c3cccc(Cl)c3)C(=O)N2)c1. The van der Waals surface area contributed by atoms with Crippen molar-refractivity contribution in [1.29, 1.82) is 0 Å². The third kappa shape index (κ3) is 5.45. The predicted molar refractivity (Wildman–Crippen MR) is 116 cm³/mol. The van der Waals surface area contributed by atoms with E-state index in [-0.39, 0.29) is 28.1 Å². The third-order valence-corrected chi connectivity index (χ3v) is 7.61. The van der Waals surface area contributed by atoms with E-state index in [0.29, 0.717) is 11.4 Å². The zero-order valence-electron chi connectivity index (χ0n) is 15.9. The number of benzene rings is 2. The molecule has 0 aromatic heterocycles. The molecule has 1 aliphatic rings. The topological polar surface area (TPSA) is 114 Å². The Morgan fingerprint density at radius 3 is 2.73 bits per heavy atom. The molecule has 2 unspecified atom stereocenters. The Bertz CT molecular complexity index is 1050. The lowest BCUT2D eigenvalue weighted by atomic mass is 10.3. The molecule has 2 aromatic carbocycles. The van der Waals surface area contributed by atoms with Crippen LogP contribution in [0.15, 0.2) is 53.4 Å². The van der Waals surface area contributed by atoms with Crippen molar-refractivity contribution in [3.05, 3.63) is 53.6 Å². The number of ether oxygens (including phenoxy) is 1. The van der Waals surface area contributed by atoms with Crippen molar-refractivity contribution in [3.8, 4) is 5.75 Å². The molecule has 30 heavy (non-hydrogen) atoms. The Kier molecular flexibility index (Phi) is 7.24. The minimum absolute atomic E-state index is 0.0132. The van der Waals surface area contributed by atoms with E-state index in [4.69, 9.17) is 16.3 Å². The second-order valence-corrected chi connectivity index (χ2v) is 10.0. The summed E-state index contributed by atoms with van der Waals surface area (Å²) in [6, 6.07) is 12.7. The van der Waals surface area contributed by atoms with Crippen LogP contribution < -0.4 is 20.7 Å². The largest absolute Gasteiger partial charge is 0.497 e. The molecule has 1 fully saturated rings. The van der Waals surface area contributed by atoms with Gasteiger partial charge in [0.2, 0.25) is 11.8 Å². The summed E-state index contributed by atoms with van der Waals surface area (Å²) in [7, 11) is -2.36. The Morgan fingerprint density at radius 2 is 2.03 bits per heavy atom. The normalized spacial score (nSPS) is 19.1. The third-order valence-electron chi connectivity index (χ3n) is 4.29. The van der Waals surface area contributed by atoms with Crippen LogP contribution in [0.2, 0.25) is 5.02 Å². The van der Waals surface area contributed by atoms with Gasteiger partial charge in [0.1, 0.15) is 11.2 Å². The Morgan fingerprint density at radius 1 is 1.27 bits per heavy atom. The summed E-state index contributed by atoms with van der Waals surface area (Å²) in [6.07, 6.45) is 0. The molecule has 0 spiro atoms. The standard InChI is InChI=1S/C19H20ClN3O5S2/c1-28-14-6-3-5-13(9-14)22-17(24)11-29-19-21-10-16(18(25)23-19)30(26,27)15-7-2-4-12(20)8-15/h2-9,16,19,21H,10-11H2,1H3,(H,22,24)(H,23,25). The number of methoxy groups -OCH3 is 1. The van der Waals surface area contributed by atoms with Crippen molar-refractivity contribution >= 4 is 50.7 Å². The van der Waals surface area contributed by atoms with E-state index in [0.717, 1.165) is 11.8 Å². The van der Waals surface area contributed by atoms with Gasteiger partial charge in [-0.3, -0.25) is 14.9 Å². The zero-order valence-corrected chi connectivity index (χ0v) is 18.3. The van der Waals surface area contributed by atoms with E-state index < -0.39 is 26.5 Å². The molecule has 2 amide bonds. The van der Waals surface area contributed by atoms with Crippen LogP contribution in [0.25, 0.3) is 0 Å². The van der Waals surface area contributed by atoms with Gasteiger partial charge in [0.15, 0.2) is 15.1 Å². The molecule has 1 heterocycles. The van der Waals surface area contributed by atoms with Crippen LogP contribution in [-0.4, -0.2) is 50.4 Å². The first-order chi connectivity index (χ1) is 14.3. The number of rotatable bonds is 7. The quantitative estimate of drug-likeness (QED) is 0.567. The molecule has 0 radical (unpaired) electrons. The van der Waals surface area contributed by atoms with E-state index in [1.54, 1.807) is 30.3 Å². The van der Waals surface area contributed by atoms with Crippen molar-refractivity contribution < 1.29 is 22.7 Å². The van der Waals surface area contributed by atoms with Crippen LogP contribution in [0.1, 0.15) is 0 Å². The molecule has 0 saturated carbocycles. The van der Waals surface area contributed by atoms with E-state index in [1.807, 2.05) is 0 Å². The van der Waals surface area contributed by atoms with Gasteiger partial charge in [-0.2, -0.15) is 0 Å². The summed E-state index contributed by atoms with van der Waals surface area (Å²) >= 11 is 7.01. The molecule has 1 saturated heterocycles. The van der Waals surface area contributed by atoms with Gasteiger partial charge in [-0.15, -0.1) is 11.8 Å². The molecule has 8 nitrogen and oxygen atoms in total. The van der Waals surface area contributed by atoms with Crippen molar-refractivity contribution in [1.82, 2.24) is 10.6 Å². The number of sulfone groups is 1. The summed E-state index contributed by atoms with van der Waals surface area (Å²) in [5, 5.41) is 7.27. The maximum absolute atomic E-state index is 12.7. The van der Waals surface area contributed by atoms with Crippen molar-refractivity contribution in [2.45, 2.75) is 15.6 Å².